The molecule has 0 atom stereocenters. The Bertz CT molecular complexity index is 613. The molecule has 0 bridgehead atoms. The Kier molecular flexibility index (Phi) is 4.80. The van der Waals surface area contributed by atoms with Crippen LogP contribution in [0.4, 0.5) is 0 Å². The highest BCUT2D eigenvalue weighted by molar-refractivity contribution is 9.10. The van der Waals surface area contributed by atoms with Crippen LogP contribution in [-0.2, 0) is 5.75 Å². The molecule has 0 spiro atoms. The number of tetrazole rings is 1. The van der Waals surface area contributed by atoms with Crippen molar-refractivity contribution >= 4 is 27.7 Å². The zero-order valence-corrected chi connectivity index (χ0v) is 14.2. The second-order valence-electron chi connectivity index (χ2n) is 5.09. The molecule has 1 aromatic heterocycles. The van der Waals surface area contributed by atoms with E-state index < -0.39 is 0 Å². The lowest BCUT2D eigenvalue weighted by molar-refractivity contribution is 0.411. The smallest absolute Gasteiger partial charge is 0.209 e. The number of methoxy groups -OCH3 is 1. The Hall–Kier alpha value is -1.08. The Morgan fingerprint density at radius 2 is 2.19 bits per heavy atom. The summed E-state index contributed by atoms with van der Waals surface area (Å²) < 4.78 is 8.45. The molecule has 112 valence electrons. The van der Waals surface area contributed by atoms with Crippen molar-refractivity contribution in [2.24, 2.45) is 0 Å². The van der Waals surface area contributed by atoms with Crippen molar-refractivity contribution in [1.82, 2.24) is 20.2 Å². The lowest BCUT2D eigenvalue weighted by Gasteiger charge is -2.12. The van der Waals surface area contributed by atoms with E-state index in [0.29, 0.717) is 6.04 Å². The minimum atomic E-state index is 0.465. The topological polar surface area (TPSA) is 52.8 Å². The number of rotatable bonds is 5. The maximum atomic E-state index is 5.41. The zero-order valence-electron chi connectivity index (χ0n) is 11.8. The highest BCUT2D eigenvalue weighted by atomic mass is 79.9. The fourth-order valence-corrected chi connectivity index (χ4v) is 3.99. The van der Waals surface area contributed by atoms with Crippen molar-refractivity contribution in [3.05, 3.63) is 28.2 Å². The van der Waals surface area contributed by atoms with E-state index in [2.05, 4.69) is 37.5 Å². The molecule has 1 heterocycles. The van der Waals surface area contributed by atoms with Gasteiger partial charge in [0.15, 0.2) is 0 Å². The van der Waals surface area contributed by atoms with Gasteiger partial charge in [-0.1, -0.05) is 40.5 Å². The summed E-state index contributed by atoms with van der Waals surface area (Å²) in [4.78, 5) is 0. The van der Waals surface area contributed by atoms with E-state index in [4.69, 9.17) is 4.74 Å². The summed E-state index contributed by atoms with van der Waals surface area (Å²) in [7, 11) is 1.69. The summed E-state index contributed by atoms with van der Waals surface area (Å²) in [5.41, 5.74) is 1.14. The van der Waals surface area contributed by atoms with Crippen LogP contribution in [0.3, 0.4) is 0 Å². The van der Waals surface area contributed by atoms with E-state index in [1.165, 1.54) is 25.7 Å². The molecule has 5 nitrogen and oxygen atoms in total. The first-order chi connectivity index (χ1) is 10.3. The molecule has 0 aliphatic heterocycles. The number of hydrogen-bond acceptors (Lipinski definition) is 5. The quantitative estimate of drug-likeness (QED) is 0.750. The molecular weight excluding hydrogens is 352 g/mol. The molecule has 1 aliphatic rings. The number of nitrogens with zero attached hydrogens (tertiary/aromatic N) is 4. The second-order valence-corrected chi connectivity index (χ2v) is 6.95. The fraction of sp³-hybridized carbons (Fsp3) is 0.500. The Morgan fingerprint density at radius 3 is 2.95 bits per heavy atom. The summed E-state index contributed by atoms with van der Waals surface area (Å²) in [6, 6.07) is 6.50. The van der Waals surface area contributed by atoms with Gasteiger partial charge in [0, 0.05) is 15.8 Å². The van der Waals surface area contributed by atoms with Gasteiger partial charge >= 0.3 is 0 Å². The molecule has 1 aromatic carbocycles. The molecule has 0 saturated heterocycles. The van der Waals surface area contributed by atoms with Crippen molar-refractivity contribution in [1.29, 1.82) is 0 Å². The molecule has 1 saturated carbocycles. The summed E-state index contributed by atoms with van der Waals surface area (Å²) in [6.07, 6.45) is 4.90. The van der Waals surface area contributed by atoms with E-state index >= 15 is 0 Å². The van der Waals surface area contributed by atoms with Crippen LogP contribution in [0.15, 0.2) is 27.8 Å². The average molecular weight is 369 g/mol. The van der Waals surface area contributed by atoms with Crippen LogP contribution >= 0.6 is 27.7 Å². The van der Waals surface area contributed by atoms with Gasteiger partial charge in [-0.2, -0.15) is 0 Å². The summed E-state index contributed by atoms with van der Waals surface area (Å²) in [6.45, 7) is 0. The Labute approximate surface area is 136 Å². The molecule has 3 rings (SSSR count). The number of ether oxygens (including phenoxy) is 1. The maximum absolute atomic E-state index is 5.41. The van der Waals surface area contributed by atoms with Gasteiger partial charge in [-0.25, -0.2) is 4.68 Å². The fourth-order valence-electron chi connectivity index (χ4n) is 2.66. The van der Waals surface area contributed by atoms with Gasteiger partial charge in [0.1, 0.15) is 5.75 Å². The number of thioether (sulfide) groups is 1. The zero-order chi connectivity index (χ0) is 14.7. The van der Waals surface area contributed by atoms with Crippen molar-refractivity contribution < 1.29 is 4.74 Å². The second kappa shape index (κ2) is 6.79. The molecule has 0 amide bonds. The van der Waals surface area contributed by atoms with Crippen LogP contribution in [0.1, 0.15) is 37.3 Å². The predicted octanol–water partition coefficient (Wildman–Crippen LogP) is 3.85. The molecule has 0 N–H and O–H groups in total. The summed E-state index contributed by atoms with van der Waals surface area (Å²) in [5, 5.41) is 13.1. The van der Waals surface area contributed by atoms with Crippen molar-refractivity contribution in [2.45, 2.75) is 42.6 Å². The standard InChI is InChI=1S/C14H17BrN4OS/c1-20-13-7-6-11(15)8-10(13)9-21-14-16-17-18-19(14)12-4-2-3-5-12/h6-8,12H,2-5,9H2,1H3. The lowest BCUT2D eigenvalue weighted by atomic mass is 10.2. The van der Waals surface area contributed by atoms with Gasteiger partial charge in [0.2, 0.25) is 5.16 Å². The highest BCUT2D eigenvalue weighted by Crippen LogP contribution is 2.33. The third kappa shape index (κ3) is 3.40. The Morgan fingerprint density at radius 1 is 1.38 bits per heavy atom. The van der Waals surface area contributed by atoms with E-state index in [9.17, 15) is 0 Å². The normalized spacial score (nSPS) is 15.5. The van der Waals surface area contributed by atoms with Crippen LogP contribution < -0.4 is 4.74 Å². The van der Waals surface area contributed by atoms with Crippen LogP contribution in [0.5, 0.6) is 5.75 Å². The maximum Gasteiger partial charge on any atom is 0.209 e. The van der Waals surface area contributed by atoms with Gasteiger partial charge in [0.05, 0.1) is 13.2 Å². The van der Waals surface area contributed by atoms with Crippen molar-refractivity contribution in [2.75, 3.05) is 7.11 Å². The van der Waals surface area contributed by atoms with Crippen LogP contribution in [0.25, 0.3) is 0 Å². The minimum absolute atomic E-state index is 0.465. The molecule has 1 aliphatic carbocycles. The van der Waals surface area contributed by atoms with Gasteiger partial charge in [-0.3, -0.25) is 0 Å². The highest BCUT2D eigenvalue weighted by Gasteiger charge is 2.21. The van der Waals surface area contributed by atoms with Crippen LogP contribution in [0.2, 0.25) is 0 Å². The van der Waals surface area contributed by atoms with E-state index in [1.54, 1.807) is 18.9 Å². The SMILES string of the molecule is COc1ccc(Br)cc1CSc1nnnn1C1CCCC1. The van der Waals surface area contributed by atoms with Crippen molar-refractivity contribution in [3.8, 4) is 5.75 Å². The first kappa shape index (κ1) is 14.8. The number of halogens is 1. The molecule has 2 aromatic rings. The third-order valence-electron chi connectivity index (χ3n) is 3.73. The lowest BCUT2D eigenvalue weighted by Crippen LogP contribution is -2.08. The molecule has 0 unspecified atom stereocenters. The minimum Gasteiger partial charge on any atom is -0.496 e. The van der Waals surface area contributed by atoms with Crippen LogP contribution in [0, 0.1) is 0 Å². The van der Waals surface area contributed by atoms with Gasteiger partial charge in [-0.05, 0) is 41.5 Å². The first-order valence-corrected chi connectivity index (χ1v) is 8.79. The summed E-state index contributed by atoms with van der Waals surface area (Å²) >= 11 is 5.16. The number of aromatic nitrogens is 4. The van der Waals surface area contributed by atoms with Crippen LogP contribution in [-0.4, -0.2) is 27.3 Å². The first-order valence-electron chi connectivity index (χ1n) is 7.01. The molecule has 21 heavy (non-hydrogen) atoms. The van der Waals surface area contributed by atoms with E-state index in [0.717, 1.165) is 26.7 Å². The van der Waals surface area contributed by atoms with Crippen molar-refractivity contribution in [3.63, 3.8) is 0 Å². The van der Waals surface area contributed by atoms with E-state index in [-0.39, 0.29) is 0 Å². The molecular formula is C14H17BrN4OS. The molecule has 1 fully saturated rings. The number of hydrogen-bond donors (Lipinski definition) is 0. The predicted molar refractivity (Wildman–Crippen MR) is 85.6 cm³/mol. The molecule has 7 heteroatoms. The van der Waals surface area contributed by atoms with Gasteiger partial charge < -0.3 is 4.74 Å². The number of benzene rings is 1. The summed E-state index contributed by atoms with van der Waals surface area (Å²) in [5.74, 6) is 1.68. The average Bonchev–Trinajstić information content (AvgIpc) is 3.16. The Balaban J connectivity index is 1.73. The van der Waals surface area contributed by atoms with Gasteiger partial charge in [-0.15, -0.1) is 5.10 Å². The third-order valence-corrected chi connectivity index (χ3v) is 5.21. The van der Waals surface area contributed by atoms with Gasteiger partial charge in [0.25, 0.3) is 0 Å². The van der Waals surface area contributed by atoms with E-state index in [1.807, 2.05) is 16.8 Å². The largest absolute Gasteiger partial charge is 0.496 e. The molecule has 0 radical (unpaired) electrons. The monoisotopic (exact) mass is 368 g/mol.